The molecule has 0 saturated carbocycles. The average Bonchev–Trinajstić information content (AvgIpc) is 3.16. The molecule has 32 heavy (non-hydrogen) atoms. The largest absolute Gasteiger partial charge is 0.454 e. The van der Waals surface area contributed by atoms with Crippen LogP contribution in [0.2, 0.25) is 0 Å². The van der Waals surface area contributed by atoms with E-state index in [0.29, 0.717) is 36.1 Å². The Morgan fingerprint density at radius 1 is 1.22 bits per heavy atom. The quantitative estimate of drug-likeness (QED) is 0.555. The fourth-order valence-corrected chi connectivity index (χ4v) is 3.41. The molecule has 8 nitrogen and oxygen atoms in total. The molecule has 1 aliphatic heterocycles. The van der Waals surface area contributed by atoms with Gasteiger partial charge in [-0.3, -0.25) is 0 Å². The van der Waals surface area contributed by atoms with Crippen molar-refractivity contribution in [3.8, 4) is 11.5 Å². The van der Waals surface area contributed by atoms with Crippen LogP contribution in [-0.4, -0.2) is 33.7 Å². The number of hydrogen-bond acceptors (Lipinski definition) is 7. The first-order valence-electron chi connectivity index (χ1n) is 10.4. The van der Waals surface area contributed by atoms with Gasteiger partial charge in [-0.15, -0.1) is 0 Å². The van der Waals surface area contributed by atoms with Crippen LogP contribution in [0.15, 0.2) is 48.5 Å². The van der Waals surface area contributed by atoms with E-state index in [4.69, 9.17) is 9.47 Å². The van der Waals surface area contributed by atoms with Crippen molar-refractivity contribution < 1.29 is 18.7 Å². The molecule has 1 unspecified atom stereocenters. The standard InChI is InChI=1S/C23H24FN5O3/c1-4-17-13-31-23(30)29(17)22-27-15(3)26-21(28-22)25-14(2)16-10-11-20(19(24)12-16)32-18-8-6-5-7-9-18/h5-12,14,17H,4,13H2,1-3H3,(H,25,26,27,28)/t14?,17-/m0/s1. The summed E-state index contributed by atoms with van der Waals surface area (Å²) in [5.74, 6) is 1.21. The first-order valence-corrected chi connectivity index (χ1v) is 10.4. The normalized spacial score (nSPS) is 16.6. The van der Waals surface area contributed by atoms with Crippen LogP contribution in [0.4, 0.5) is 21.1 Å². The zero-order valence-electron chi connectivity index (χ0n) is 18.1. The number of rotatable bonds is 7. The molecule has 0 radical (unpaired) electrons. The number of para-hydroxylation sites is 1. The smallest absolute Gasteiger partial charge is 0.417 e. The molecule has 2 heterocycles. The number of ether oxygens (including phenoxy) is 2. The van der Waals surface area contributed by atoms with Crippen LogP contribution in [-0.2, 0) is 4.74 Å². The van der Waals surface area contributed by atoms with Gasteiger partial charge in [0.05, 0.1) is 12.1 Å². The molecule has 1 amide bonds. The van der Waals surface area contributed by atoms with Crippen molar-refractivity contribution in [1.82, 2.24) is 15.0 Å². The van der Waals surface area contributed by atoms with Crippen LogP contribution >= 0.6 is 0 Å². The Morgan fingerprint density at radius 2 is 2.00 bits per heavy atom. The number of aryl methyl sites for hydroxylation is 1. The highest BCUT2D eigenvalue weighted by Crippen LogP contribution is 2.28. The van der Waals surface area contributed by atoms with Crippen molar-refractivity contribution >= 4 is 18.0 Å². The average molecular weight is 437 g/mol. The van der Waals surface area contributed by atoms with Crippen LogP contribution in [0.5, 0.6) is 11.5 Å². The third-order valence-electron chi connectivity index (χ3n) is 5.16. The fourth-order valence-electron chi connectivity index (χ4n) is 3.41. The summed E-state index contributed by atoms with van der Waals surface area (Å²) in [5, 5.41) is 3.16. The van der Waals surface area contributed by atoms with Crippen LogP contribution < -0.4 is 15.0 Å². The Labute approximate surface area is 185 Å². The Kier molecular flexibility index (Phi) is 6.16. The molecule has 2 atom stereocenters. The maximum absolute atomic E-state index is 14.6. The lowest BCUT2D eigenvalue weighted by Crippen LogP contribution is -2.34. The second-order valence-electron chi connectivity index (χ2n) is 7.49. The van der Waals surface area contributed by atoms with Crippen molar-refractivity contribution in [2.75, 3.05) is 16.8 Å². The summed E-state index contributed by atoms with van der Waals surface area (Å²) in [6.07, 6.45) is 0.240. The first kappa shape index (κ1) is 21.5. The molecule has 166 valence electrons. The number of halogens is 1. The second-order valence-corrected chi connectivity index (χ2v) is 7.49. The third-order valence-corrected chi connectivity index (χ3v) is 5.16. The zero-order valence-corrected chi connectivity index (χ0v) is 18.1. The lowest BCUT2D eigenvalue weighted by Gasteiger charge is -2.20. The second kappa shape index (κ2) is 9.17. The summed E-state index contributed by atoms with van der Waals surface area (Å²) in [7, 11) is 0. The van der Waals surface area contributed by atoms with Gasteiger partial charge < -0.3 is 14.8 Å². The van der Waals surface area contributed by atoms with Gasteiger partial charge in [0.15, 0.2) is 11.6 Å². The van der Waals surface area contributed by atoms with Crippen LogP contribution in [0, 0.1) is 12.7 Å². The Hall–Kier alpha value is -3.75. The Balaban J connectivity index is 1.51. The van der Waals surface area contributed by atoms with E-state index in [2.05, 4.69) is 20.3 Å². The number of nitrogens with zero attached hydrogens (tertiary/aromatic N) is 4. The molecule has 0 bridgehead atoms. The van der Waals surface area contributed by atoms with E-state index in [1.807, 2.05) is 32.0 Å². The summed E-state index contributed by atoms with van der Waals surface area (Å²) in [6, 6.07) is 13.4. The van der Waals surface area contributed by atoms with Crippen LogP contribution in [0.3, 0.4) is 0 Å². The molecule has 0 spiro atoms. The summed E-state index contributed by atoms with van der Waals surface area (Å²) in [4.78, 5) is 26.6. The van der Waals surface area contributed by atoms with E-state index in [0.717, 1.165) is 0 Å². The van der Waals surface area contributed by atoms with Gasteiger partial charge in [0.1, 0.15) is 18.2 Å². The highest BCUT2D eigenvalue weighted by molar-refractivity contribution is 5.88. The van der Waals surface area contributed by atoms with Crippen molar-refractivity contribution in [2.24, 2.45) is 0 Å². The van der Waals surface area contributed by atoms with E-state index in [9.17, 15) is 9.18 Å². The van der Waals surface area contributed by atoms with Crippen molar-refractivity contribution in [3.63, 3.8) is 0 Å². The van der Waals surface area contributed by atoms with E-state index in [1.54, 1.807) is 31.2 Å². The minimum absolute atomic E-state index is 0.124. The first-order chi connectivity index (χ1) is 15.4. The van der Waals surface area contributed by atoms with Crippen molar-refractivity contribution in [3.05, 3.63) is 65.7 Å². The van der Waals surface area contributed by atoms with E-state index in [-0.39, 0.29) is 23.8 Å². The SMILES string of the molecule is CC[C@H]1COC(=O)N1c1nc(C)nc(NC(C)c2ccc(Oc3ccccc3)c(F)c2)n1. The van der Waals surface area contributed by atoms with Gasteiger partial charge in [-0.25, -0.2) is 14.1 Å². The lowest BCUT2D eigenvalue weighted by atomic mass is 10.1. The number of benzene rings is 2. The van der Waals surface area contributed by atoms with E-state index >= 15 is 0 Å². The van der Waals surface area contributed by atoms with Crippen LogP contribution in [0.25, 0.3) is 0 Å². The zero-order chi connectivity index (χ0) is 22.7. The van der Waals surface area contributed by atoms with Gasteiger partial charge >= 0.3 is 6.09 Å². The van der Waals surface area contributed by atoms with Crippen molar-refractivity contribution in [2.45, 2.75) is 39.3 Å². The monoisotopic (exact) mass is 437 g/mol. The highest BCUT2D eigenvalue weighted by atomic mass is 19.1. The molecule has 2 aromatic carbocycles. The molecule has 1 saturated heterocycles. The topological polar surface area (TPSA) is 89.5 Å². The molecule has 3 aromatic rings. The molecule has 4 rings (SSSR count). The molecule has 1 aromatic heterocycles. The number of aromatic nitrogens is 3. The minimum atomic E-state index is -0.475. The maximum Gasteiger partial charge on any atom is 0.417 e. The number of anilines is 2. The van der Waals surface area contributed by atoms with Crippen molar-refractivity contribution in [1.29, 1.82) is 0 Å². The number of hydrogen-bond donors (Lipinski definition) is 1. The van der Waals surface area contributed by atoms with E-state index < -0.39 is 11.9 Å². The van der Waals surface area contributed by atoms with Gasteiger partial charge in [-0.05, 0) is 50.1 Å². The summed E-state index contributed by atoms with van der Waals surface area (Å²) in [5.41, 5.74) is 0.689. The summed E-state index contributed by atoms with van der Waals surface area (Å²) < 4.78 is 25.4. The van der Waals surface area contributed by atoms with Gasteiger partial charge in [0.25, 0.3) is 0 Å². The predicted octanol–water partition coefficient (Wildman–Crippen LogP) is 5.02. The van der Waals surface area contributed by atoms with Gasteiger partial charge in [0.2, 0.25) is 11.9 Å². The van der Waals surface area contributed by atoms with Gasteiger partial charge in [-0.2, -0.15) is 15.0 Å². The number of amides is 1. The highest BCUT2D eigenvalue weighted by Gasteiger charge is 2.35. The number of carbonyl (C=O) groups is 1. The van der Waals surface area contributed by atoms with E-state index in [1.165, 1.54) is 11.0 Å². The number of cyclic esters (lactones) is 1. The molecule has 1 fully saturated rings. The fraction of sp³-hybridized carbons (Fsp3) is 0.304. The molecule has 1 aliphatic rings. The summed E-state index contributed by atoms with van der Waals surface area (Å²) >= 11 is 0. The maximum atomic E-state index is 14.6. The predicted molar refractivity (Wildman–Crippen MR) is 117 cm³/mol. The Morgan fingerprint density at radius 3 is 2.72 bits per heavy atom. The molecular weight excluding hydrogens is 413 g/mol. The molecule has 1 N–H and O–H groups in total. The van der Waals surface area contributed by atoms with Gasteiger partial charge in [-0.1, -0.05) is 31.2 Å². The third kappa shape index (κ3) is 4.61. The molecule has 0 aliphatic carbocycles. The number of nitrogens with one attached hydrogen (secondary N) is 1. The minimum Gasteiger partial charge on any atom is -0.454 e. The molecule has 9 heteroatoms. The van der Waals surface area contributed by atoms with Crippen LogP contribution in [0.1, 0.15) is 37.7 Å². The summed E-state index contributed by atoms with van der Waals surface area (Å²) in [6.45, 7) is 5.85. The van der Waals surface area contributed by atoms with Gasteiger partial charge in [0, 0.05) is 0 Å². The lowest BCUT2D eigenvalue weighted by molar-refractivity contribution is 0.178. The Bertz CT molecular complexity index is 1110. The molecular formula is C23H24FN5O3. The number of carbonyl (C=O) groups excluding carboxylic acids is 1.